The Balaban J connectivity index is 1.33. The van der Waals surface area contributed by atoms with Crippen molar-refractivity contribution >= 4 is 16.1 Å². The minimum absolute atomic E-state index is 0.0916. The lowest BCUT2D eigenvalue weighted by molar-refractivity contribution is 0.0744. The van der Waals surface area contributed by atoms with E-state index in [-0.39, 0.29) is 12.5 Å². The molecule has 0 spiro atoms. The summed E-state index contributed by atoms with van der Waals surface area (Å²) in [5.41, 5.74) is 4.36. The van der Waals surface area contributed by atoms with Crippen LogP contribution in [0.1, 0.15) is 52.1 Å². The highest BCUT2D eigenvalue weighted by molar-refractivity contribution is 7.86. The lowest BCUT2D eigenvalue weighted by Crippen LogP contribution is -2.47. The van der Waals surface area contributed by atoms with Crippen molar-refractivity contribution in [3.05, 3.63) is 52.3 Å². The summed E-state index contributed by atoms with van der Waals surface area (Å²) >= 11 is 0. The maximum absolute atomic E-state index is 13.1. The molecule has 0 radical (unpaired) electrons. The van der Waals surface area contributed by atoms with E-state index in [1.165, 1.54) is 15.4 Å². The van der Waals surface area contributed by atoms with Gasteiger partial charge in [-0.05, 0) is 30.4 Å². The Morgan fingerprint density at radius 1 is 0.931 bits per heavy atom. The molecule has 8 nitrogen and oxygen atoms in total. The van der Waals surface area contributed by atoms with E-state index < -0.39 is 10.2 Å². The smallest absolute Gasteiger partial charge is 0.282 e. The number of piperidine rings is 1. The minimum Gasteiger partial charge on any atom is -0.329 e. The van der Waals surface area contributed by atoms with Gasteiger partial charge < -0.3 is 4.90 Å². The molecule has 1 aromatic heterocycles. The van der Waals surface area contributed by atoms with Crippen molar-refractivity contribution < 1.29 is 13.2 Å². The van der Waals surface area contributed by atoms with Crippen LogP contribution in [0.2, 0.25) is 0 Å². The van der Waals surface area contributed by atoms with Crippen LogP contribution in [0.4, 0.5) is 0 Å². The van der Waals surface area contributed by atoms with Gasteiger partial charge in [-0.3, -0.25) is 9.89 Å². The standard InChI is InChI=1S/C20H25N5O3S/c26-20(23-12-15-6-2-3-7-16(15)13-23)19-17-8-11-25(14-18(17)21-22-19)29(27,28)24-9-4-1-5-10-24/h2-3,6-7H,1,4-5,8-14H2,(H,21,22). The van der Waals surface area contributed by atoms with E-state index in [9.17, 15) is 13.2 Å². The number of fused-ring (bicyclic) bond motifs is 2. The van der Waals surface area contributed by atoms with Crippen LogP contribution in [0.3, 0.4) is 0 Å². The van der Waals surface area contributed by atoms with Crippen molar-refractivity contribution in [3.63, 3.8) is 0 Å². The first-order valence-corrected chi connectivity index (χ1v) is 11.6. The molecule has 29 heavy (non-hydrogen) atoms. The zero-order chi connectivity index (χ0) is 20.0. The van der Waals surface area contributed by atoms with Crippen LogP contribution in [-0.2, 0) is 36.3 Å². The molecule has 0 bridgehead atoms. The Bertz CT molecular complexity index is 1020. The van der Waals surface area contributed by atoms with Gasteiger partial charge in [0.25, 0.3) is 16.1 Å². The fraction of sp³-hybridized carbons (Fsp3) is 0.500. The second-order valence-corrected chi connectivity index (χ2v) is 9.94. The van der Waals surface area contributed by atoms with Crippen LogP contribution >= 0.6 is 0 Å². The molecule has 154 valence electrons. The molecule has 1 aromatic carbocycles. The van der Waals surface area contributed by atoms with E-state index in [2.05, 4.69) is 10.2 Å². The maximum atomic E-state index is 13.1. The van der Waals surface area contributed by atoms with Gasteiger partial charge >= 0.3 is 0 Å². The molecule has 3 aliphatic heterocycles. The van der Waals surface area contributed by atoms with E-state index in [0.717, 1.165) is 30.5 Å². The van der Waals surface area contributed by atoms with Crippen LogP contribution in [0.25, 0.3) is 0 Å². The molecule has 5 rings (SSSR count). The molecular formula is C20H25N5O3S. The molecular weight excluding hydrogens is 390 g/mol. The molecule has 1 saturated heterocycles. The summed E-state index contributed by atoms with van der Waals surface area (Å²) in [5, 5.41) is 7.22. The fourth-order valence-corrected chi connectivity index (χ4v) is 6.21. The molecule has 4 heterocycles. The summed E-state index contributed by atoms with van der Waals surface area (Å²) in [6.07, 6.45) is 3.42. The Kier molecular flexibility index (Phi) is 4.68. The molecule has 1 fully saturated rings. The molecule has 9 heteroatoms. The van der Waals surface area contributed by atoms with Gasteiger partial charge in [0.2, 0.25) is 0 Å². The number of hydrogen-bond acceptors (Lipinski definition) is 4. The Hall–Kier alpha value is -2.23. The molecule has 0 aliphatic carbocycles. The summed E-state index contributed by atoms with van der Waals surface area (Å²) < 4.78 is 29.0. The molecule has 0 atom stereocenters. The number of benzene rings is 1. The zero-order valence-corrected chi connectivity index (χ0v) is 17.1. The third-order valence-corrected chi connectivity index (χ3v) is 8.18. The lowest BCUT2D eigenvalue weighted by Gasteiger charge is -2.33. The third kappa shape index (κ3) is 3.27. The molecule has 1 N–H and O–H groups in total. The molecule has 0 saturated carbocycles. The number of carbonyl (C=O) groups is 1. The number of aromatic amines is 1. The quantitative estimate of drug-likeness (QED) is 0.826. The maximum Gasteiger partial charge on any atom is 0.282 e. The SMILES string of the molecule is O=C(c1n[nH]c2c1CCN(S(=O)(=O)N1CCCCC1)C2)N1Cc2ccccc2C1. The van der Waals surface area contributed by atoms with Crippen molar-refractivity contribution in [1.82, 2.24) is 23.7 Å². The summed E-state index contributed by atoms with van der Waals surface area (Å²) in [6.45, 7) is 2.99. The van der Waals surface area contributed by atoms with Crippen molar-refractivity contribution in [2.45, 2.75) is 45.3 Å². The van der Waals surface area contributed by atoms with Gasteiger partial charge in [-0.15, -0.1) is 0 Å². The van der Waals surface area contributed by atoms with Gasteiger partial charge in [0, 0.05) is 38.3 Å². The third-order valence-electron chi connectivity index (χ3n) is 6.20. The first-order chi connectivity index (χ1) is 14.0. The van der Waals surface area contributed by atoms with E-state index in [1.54, 1.807) is 9.21 Å². The van der Waals surface area contributed by atoms with Gasteiger partial charge in [0.1, 0.15) is 0 Å². The topological polar surface area (TPSA) is 89.6 Å². The minimum atomic E-state index is -3.47. The van der Waals surface area contributed by atoms with Crippen molar-refractivity contribution in [3.8, 4) is 0 Å². The first-order valence-electron chi connectivity index (χ1n) is 10.2. The van der Waals surface area contributed by atoms with Gasteiger partial charge in [0.05, 0.1) is 12.2 Å². The monoisotopic (exact) mass is 415 g/mol. The normalized spacial score (nSPS) is 20.5. The zero-order valence-electron chi connectivity index (χ0n) is 16.3. The average molecular weight is 416 g/mol. The number of carbonyl (C=O) groups excluding carboxylic acids is 1. The van der Waals surface area contributed by atoms with E-state index >= 15 is 0 Å². The molecule has 0 unspecified atom stereocenters. The van der Waals surface area contributed by atoms with E-state index in [0.29, 0.717) is 44.8 Å². The number of nitrogens with one attached hydrogen (secondary N) is 1. The highest BCUT2D eigenvalue weighted by Gasteiger charge is 2.36. The van der Waals surface area contributed by atoms with Gasteiger partial charge in [-0.2, -0.15) is 22.1 Å². The van der Waals surface area contributed by atoms with Crippen molar-refractivity contribution in [2.24, 2.45) is 0 Å². The van der Waals surface area contributed by atoms with Crippen LogP contribution < -0.4 is 0 Å². The second-order valence-electron chi connectivity index (χ2n) is 8.01. The van der Waals surface area contributed by atoms with Gasteiger partial charge in [0.15, 0.2) is 5.69 Å². The average Bonchev–Trinajstić information content (AvgIpc) is 3.37. The number of nitrogens with zero attached hydrogens (tertiary/aromatic N) is 4. The van der Waals surface area contributed by atoms with Gasteiger partial charge in [-0.1, -0.05) is 30.7 Å². The van der Waals surface area contributed by atoms with Crippen LogP contribution in [-0.4, -0.2) is 57.7 Å². The second kappa shape index (κ2) is 7.23. The summed E-state index contributed by atoms with van der Waals surface area (Å²) in [7, 11) is -3.47. The van der Waals surface area contributed by atoms with Crippen molar-refractivity contribution in [2.75, 3.05) is 19.6 Å². The van der Waals surface area contributed by atoms with E-state index in [4.69, 9.17) is 0 Å². The number of rotatable bonds is 3. The number of hydrogen-bond donors (Lipinski definition) is 1. The molecule has 2 aromatic rings. The Labute approximate surface area is 170 Å². The number of H-pyrrole nitrogens is 1. The largest absolute Gasteiger partial charge is 0.329 e. The Morgan fingerprint density at radius 3 is 2.31 bits per heavy atom. The molecule has 1 amide bonds. The number of aromatic nitrogens is 2. The van der Waals surface area contributed by atoms with E-state index in [1.807, 2.05) is 24.3 Å². The fourth-order valence-electron chi connectivity index (χ4n) is 4.55. The summed E-state index contributed by atoms with van der Waals surface area (Å²) in [6, 6.07) is 8.07. The number of amides is 1. The lowest BCUT2D eigenvalue weighted by atomic mass is 10.1. The van der Waals surface area contributed by atoms with Crippen LogP contribution in [0.15, 0.2) is 24.3 Å². The van der Waals surface area contributed by atoms with Gasteiger partial charge in [-0.25, -0.2) is 0 Å². The van der Waals surface area contributed by atoms with Crippen LogP contribution in [0.5, 0.6) is 0 Å². The first kappa shape index (κ1) is 18.8. The predicted octanol–water partition coefficient (Wildman–Crippen LogP) is 1.65. The van der Waals surface area contributed by atoms with Crippen molar-refractivity contribution in [1.29, 1.82) is 0 Å². The summed E-state index contributed by atoms with van der Waals surface area (Å²) in [5.74, 6) is -0.0916. The predicted molar refractivity (Wildman–Crippen MR) is 107 cm³/mol. The van der Waals surface area contributed by atoms with Crippen LogP contribution in [0, 0.1) is 0 Å². The Morgan fingerprint density at radius 2 is 1.62 bits per heavy atom. The highest BCUT2D eigenvalue weighted by atomic mass is 32.2. The molecule has 3 aliphatic rings. The summed E-state index contributed by atoms with van der Waals surface area (Å²) in [4.78, 5) is 14.9. The highest BCUT2D eigenvalue weighted by Crippen LogP contribution is 2.28.